The molecule has 1 aromatic carbocycles. The molecule has 0 amide bonds. The summed E-state index contributed by atoms with van der Waals surface area (Å²) in [7, 11) is 0. The zero-order chi connectivity index (χ0) is 15.6. The van der Waals surface area contributed by atoms with Gasteiger partial charge < -0.3 is 19.5 Å². The predicted molar refractivity (Wildman–Crippen MR) is 67.1 cm³/mol. The maximum atomic E-state index is 11.2. The van der Waals surface area contributed by atoms with E-state index in [4.69, 9.17) is 4.74 Å². The van der Waals surface area contributed by atoms with Crippen molar-refractivity contribution in [3.8, 4) is 0 Å². The van der Waals surface area contributed by atoms with E-state index in [1.54, 1.807) is 0 Å². The lowest BCUT2D eigenvalue weighted by molar-refractivity contribution is -0.393. The number of non-ortho nitro benzene ring substituents is 1. The summed E-state index contributed by atoms with van der Waals surface area (Å²) >= 11 is 0. The van der Waals surface area contributed by atoms with Crippen molar-refractivity contribution >= 4 is 23.0 Å². The molecular formula is C11H10N3O7-. The molecule has 1 fully saturated rings. The van der Waals surface area contributed by atoms with Crippen LogP contribution in [0.15, 0.2) is 12.1 Å². The summed E-state index contributed by atoms with van der Waals surface area (Å²) in [6.45, 7) is 1.05. The molecule has 2 rings (SSSR count). The summed E-state index contributed by atoms with van der Waals surface area (Å²) in [5.41, 5.74) is -2.06. The number of anilines is 1. The first-order valence-corrected chi connectivity index (χ1v) is 5.92. The molecule has 0 saturated carbocycles. The molecule has 0 aromatic heterocycles. The van der Waals surface area contributed by atoms with Crippen LogP contribution in [0.2, 0.25) is 0 Å². The van der Waals surface area contributed by atoms with Gasteiger partial charge in [-0.1, -0.05) is 0 Å². The van der Waals surface area contributed by atoms with Gasteiger partial charge in [0.25, 0.3) is 11.4 Å². The second-order valence-electron chi connectivity index (χ2n) is 4.26. The highest BCUT2D eigenvalue weighted by Gasteiger charge is 2.29. The first-order chi connectivity index (χ1) is 9.91. The highest BCUT2D eigenvalue weighted by Crippen LogP contribution is 2.36. The molecule has 0 atom stereocenters. The number of hydrogen-bond donors (Lipinski definition) is 0. The van der Waals surface area contributed by atoms with Crippen LogP contribution in [-0.4, -0.2) is 42.1 Å². The minimum atomic E-state index is -1.71. The van der Waals surface area contributed by atoms with Crippen LogP contribution in [-0.2, 0) is 4.74 Å². The Labute approximate surface area is 117 Å². The lowest BCUT2D eigenvalue weighted by Gasteiger charge is -2.30. The van der Waals surface area contributed by atoms with Crippen LogP contribution in [0.25, 0.3) is 0 Å². The molecule has 1 aliphatic rings. The van der Waals surface area contributed by atoms with Crippen LogP contribution in [0, 0.1) is 20.2 Å². The number of rotatable bonds is 4. The average molecular weight is 296 g/mol. The number of carboxylic acids is 1. The van der Waals surface area contributed by atoms with Crippen molar-refractivity contribution < 1.29 is 24.5 Å². The molecule has 0 radical (unpaired) electrons. The maximum absolute atomic E-state index is 11.2. The van der Waals surface area contributed by atoms with Crippen molar-refractivity contribution in [2.75, 3.05) is 31.2 Å². The topological polar surface area (TPSA) is 139 Å². The van der Waals surface area contributed by atoms with Gasteiger partial charge in [-0.2, -0.15) is 0 Å². The van der Waals surface area contributed by atoms with Crippen molar-refractivity contribution in [1.82, 2.24) is 0 Å². The molecule has 10 nitrogen and oxygen atoms in total. The first-order valence-electron chi connectivity index (χ1n) is 5.92. The quantitative estimate of drug-likeness (QED) is 0.545. The molecule has 1 heterocycles. The number of carbonyl (C=O) groups is 1. The van der Waals surface area contributed by atoms with Gasteiger partial charge in [0.2, 0.25) is 0 Å². The monoisotopic (exact) mass is 296 g/mol. The van der Waals surface area contributed by atoms with Crippen molar-refractivity contribution in [2.24, 2.45) is 0 Å². The SMILES string of the molecule is O=C([O-])c1cc([N+](=O)[O-])cc([N+](=O)[O-])c1N1CCOCC1. The van der Waals surface area contributed by atoms with Crippen molar-refractivity contribution in [1.29, 1.82) is 0 Å². The largest absolute Gasteiger partial charge is 0.545 e. The molecule has 10 heteroatoms. The number of carbonyl (C=O) groups excluding carboxylic acids is 1. The summed E-state index contributed by atoms with van der Waals surface area (Å²) in [5.74, 6) is -1.71. The first kappa shape index (κ1) is 14.7. The number of aromatic carboxylic acids is 1. The van der Waals surface area contributed by atoms with E-state index < -0.39 is 32.8 Å². The van der Waals surface area contributed by atoms with Crippen LogP contribution in [0.4, 0.5) is 17.1 Å². The van der Waals surface area contributed by atoms with Crippen LogP contribution in [0.1, 0.15) is 10.4 Å². The number of morpholine rings is 1. The van der Waals surface area contributed by atoms with Gasteiger partial charge >= 0.3 is 0 Å². The lowest BCUT2D eigenvalue weighted by atomic mass is 10.1. The van der Waals surface area contributed by atoms with Gasteiger partial charge in [0.15, 0.2) is 0 Å². The summed E-state index contributed by atoms with van der Waals surface area (Å²) in [6, 6.07) is 1.52. The number of benzene rings is 1. The minimum Gasteiger partial charge on any atom is -0.545 e. The molecular weight excluding hydrogens is 286 g/mol. The fraction of sp³-hybridized carbons (Fsp3) is 0.364. The van der Waals surface area contributed by atoms with Crippen LogP contribution in [0.3, 0.4) is 0 Å². The zero-order valence-electron chi connectivity index (χ0n) is 10.7. The van der Waals surface area contributed by atoms with E-state index in [9.17, 15) is 30.1 Å². The molecule has 0 spiro atoms. The number of carboxylic acid groups (broad SMARTS) is 1. The molecule has 1 aromatic rings. The Bertz CT molecular complexity index is 575. The van der Waals surface area contributed by atoms with Gasteiger partial charge in [0.05, 0.1) is 35.1 Å². The fourth-order valence-corrected chi connectivity index (χ4v) is 2.12. The van der Waals surface area contributed by atoms with Gasteiger partial charge in [-0.3, -0.25) is 20.2 Å². The third-order valence-corrected chi connectivity index (χ3v) is 3.03. The van der Waals surface area contributed by atoms with Gasteiger partial charge in [-0.15, -0.1) is 0 Å². The molecule has 0 N–H and O–H groups in total. The van der Waals surface area contributed by atoms with Crippen LogP contribution in [0.5, 0.6) is 0 Å². The molecule has 21 heavy (non-hydrogen) atoms. The van der Waals surface area contributed by atoms with Crippen LogP contribution >= 0.6 is 0 Å². The van der Waals surface area contributed by atoms with Gasteiger partial charge in [-0.25, -0.2) is 0 Å². The van der Waals surface area contributed by atoms with E-state index in [1.165, 1.54) is 4.90 Å². The Morgan fingerprint density at radius 3 is 2.24 bits per heavy atom. The average Bonchev–Trinajstić information content (AvgIpc) is 2.46. The zero-order valence-corrected chi connectivity index (χ0v) is 10.7. The maximum Gasteiger partial charge on any atom is 0.300 e. The summed E-state index contributed by atoms with van der Waals surface area (Å²) < 4.78 is 5.10. The number of hydrogen-bond acceptors (Lipinski definition) is 8. The molecule has 1 aliphatic heterocycles. The standard InChI is InChI=1S/C11H11N3O7/c15-11(16)8-5-7(13(17)18)6-9(14(19)20)10(8)12-1-3-21-4-2-12/h5-6H,1-4H2,(H,15,16)/p-1. The van der Waals surface area contributed by atoms with Gasteiger partial charge in [0.1, 0.15) is 5.69 Å². The molecule has 112 valence electrons. The second kappa shape index (κ2) is 5.71. The Morgan fingerprint density at radius 2 is 1.76 bits per heavy atom. The molecule has 0 aliphatic carbocycles. The van der Waals surface area contributed by atoms with E-state index in [-0.39, 0.29) is 32.0 Å². The second-order valence-corrected chi connectivity index (χ2v) is 4.26. The van der Waals surface area contributed by atoms with Gasteiger partial charge in [-0.05, 0) is 0 Å². The minimum absolute atomic E-state index is 0.186. The molecule has 1 saturated heterocycles. The third-order valence-electron chi connectivity index (χ3n) is 3.03. The Hall–Kier alpha value is -2.75. The van der Waals surface area contributed by atoms with Crippen molar-refractivity contribution in [3.63, 3.8) is 0 Å². The lowest BCUT2D eigenvalue weighted by Crippen LogP contribution is -2.38. The summed E-state index contributed by atoms with van der Waals surface area (Å²) in [4.78, 5) is 32.8. The summed E-state index contributed by atoms with van der Waals surface area (Å²) in [6.07, 6.45) is 0. The van der Waals surface area contributed by atoms with Crippen molar-refractivity contribution in [2.45, 2.75) is 0 Å². The van der Waals surface area contributed by atoms with E-state index >= 15 is 0 Å². The van der Waals surface area contributed by atoms with E-state index in [0.717, 1.165) is 12.1 Å². The number of ether oxygens (including phenoxy) is 1. The number of nitro groups is 2. The Morgan fingerprint density at radius 1 is 1.14 bits per heavy atom. The van der Waals surface area contributed by atoms with E-state index in [1.807, 2.05) is 0 Å². The summed E-state index contributed by atoms with van der Waals surface area (Å²) in [5, 5.41) is 33.1. The third kappa shape index (κ3) is 2.89. The highest BCUT2D eigenvalue weighted by molar-refractivity contribution is 5.97. The predicted octanol–water partition coefficient (Wildman–Crippen LogP) is -0.297. The fourth-order valence-electron chi connectivity index (χ4n) is 2.12. The highest BCUT2D eigenvalue weighted by atomic mass is 16.6. The smallest absolute Gasteiger partial charge is 0.300 e. The van der Waals surface area contributed by atoms with Crippen molar-refractivity contribution in [3.05, 3.63) is 37.9 Å². The Kier molecular flexibility index (Phi) is 3.98. The molecule has 0 unspecified atom stereocenters. The Balaban J connectivity index is 2.66. The number of nitrogens with zero attached hydrogens (tertiary/aromatic N) is 3. The van der Waals surface area contributed by atoms with E-state index in [0.29, 0.717) is 0 Å². The normalized spacial score (nSPS) is 14.8. The number of nitro benzene ring substituents is 2. The molecule has 0 bridgehead atoms. The van der Waals surface area contributed by atoms with Crippen LogP contribution < -0.4 is 10.0 Å². The van der Waals surface area contributed by atoms with E-state index in [2.05, 4.69) is 0 Å². The van der Waals surface area contributed by atoms with Gasteiger partial charge in [0, 0.05) is 24.7 Å².